The van der Waals surface area contributed by atoms with Crippen LogP contribution in [-0.2, 0) is 16.6 Å². The molecule has 0 aliphatic rings. The normalized spacial score (nSPS) is 13.0. The van der Waals surface area contributed by atoms with Crippen molar-refractivity contribution in [1.29, 1.82) is 0 Å². The lowest BCUT2D eigenvalue weighted by Gasteiger charge is -2.27. The predicted molar refractivity (Wildman–Crippen MR) is 90.9 cm³/mol. The molecule has 1 aromatic rings. The molecule has 0 atom stereocenters. The fourth-order valence-corrected chi connectivity index (χ4v) is 4.53. The molecule has 0 radical (unpaired) electrons. The lowest BCUT2D eigenvalue weighted by Crippen LogP contribution is -2.35. The van der Waals surface area contributed by atoms with Gasteiger partial charge in [-0.2, -0.15) is 0 Å². The van der Waals surface area contributed by atoms with E-state index in [2.05, 4.69) is 21.2 Å². The maximum Gasteiger partial charge on any atom is 0.243 e. The Hall–Kier alpha value is -0.430. The van der Waals surface area contributed by atoms with E-state index in [1.54, 1.807) is 13.1 Å². The van der Waals surface area contributed by atoms with E-state index in [-0.39, 0.29) is 5.41 Å². The molecular weight excluding hydrogens is 352 g/mol. The average Bonchev–Trinajstić information content (AvgIpc) is 2.31. The molecule has 0 fully saturated rings. The van der Waals surface area contributed by atoms with E-state index in [1.165, 1.54) is 4.31 Å². The molecule has 0 aromatic heterocycles. The molecule has 1 rings (SSSR count). The number of hydrogen-bond acceptors (Lipinski definition) is 3. The Bertz CT molecular complexity index is 607. The van der Waals surface area contributed by atoms with Crippen LogP contribution in [0.1, 0.15) is 31.9 Å². The van der Waals surface area contributed by atoms with Crippen LogP contribution >= 0.6 is 15.9 Å². The molecule has 0 bridgehead atoms. The van der Waals surface area contributed by atoms with Crippen molar-refractivity contribution in [2.75, 3.05) is 20.6 Å². The number of sulfonamides is 1. The van der Waals surface area contributed by atoms with Crippen LogP contribution in [0.25, 0.3) is 0 Å². The van der Waals surface area contributed by atoms with Crippen LogP contribution in [0.3, 0.4) is 0 Å². The minimum Gasteiger partial charge on any atom is -0.316 e. The molecule has 1 aromatic carbocycles. The standard InChI is InChI=1S/C15H25BrN2O2S/c1-11-13(16)7-12(9-17-5)8-14(11)21(19,20)18(6)10-15(2,3)4/h7-8,17H,9-10H2,1-6H3. The first kappa shape index (κ1) is 18.6. The van der Waals surface area contributed by atoms with Crippen molar-refractivity contribution in [2.24, 2.45) is 5.41 Å². The summed E-state index contributed by atoms with van der Waals surface area (Å²) in [5, 5.41) is 3.05. The van der Waals surface area contributed by atoms with Gasteiger partial charge in [-0.3, -0.25) is 0 Å². The van der Waals surface area contributed by atoms with Crippen molar-refractivity contribution in [3.8, 4) is 0 Å². The van der Waals surface area contributed by atoms with Crippen LogP contribution < -0.4 is 5.32 Å². The second kappa shape index (κ2) is 6.77. The monoisotopic (exact) mass is 376 g/mol. The van der Waals surface area contributed by atoms with Gasteiger partial charge in [0.05, 0.1) is 4.90 Å². The van der Waals surface area contributed by atoms with E-state index < -0.39 is 10.0 Å². The summed E-state index contributed by atoms with van der Waals surface area (Å²) in [6.45, 7) is 9.01. The van der Waals surface area contributed by atoms with E-state index in [9.17, 15) is 8.42 Å². The second-order valence-corrected chi connectivity index (χ2v) is 9.42. The van der Waals surface area contributed by atoms with Gasteiger partial charge in [0.15, 0.2) is 0 Å². The maximum atomic E-state index is 12.8. The van der Waals surface area contributed by atoms with Gasteiger partial charge in [-0.1, -0.05) is 36.7 Å². The van der Waals surface area contributed by atoms with Gasteiger partial charge in [-0.25, -0.2) is 12.7 Å². The molecule has 0 saturated carbocycles. The molecule has 21 heavy (non-hydrogen) atoms. The first-order valence-electron chi connectivity index (χ1n) is 6.89. The summed E-state index contributed by atoms with van der Waals surface area (Å²) in [4.78, 5) is 0.369. The number of hydrogen-bond donors (Lipinski definition) is 1. The summed E-state index contributed by atoms with van der Waals surface area (Å²) in [5.74, 6) is 0. The first-order valence-corrected chi connectivity index (χ1v) is 9.12. The highest BCUT2D eigenvalue weighted by Crippen LogP contribution is 2.29. The molecule has 0 saturated heterocycles. The molecule has 0 aliphatic heterocycles. The van der Waals surface area contributed by atoms with Crippen molar-refractivity contribution < 1.29 is 8.42 Å². The zero-order chi connectivity index (χ0) is 16.4. The summed E-state index contributed by atoms with van der Waals surface area (Å²) in [7, 11) is -0.0121. The van der Waals surface area contributed by atoms with E-state index >= 15 is 0 Å². The summed E-state index contributed by atoms with van der Waals surface area (Å²) in [6.07, 6.45) is 0. The van der Waals surface area contributed by atoms with Gasteiger partial charge in [0.25, 0.3) is 0 Å². The Morgan fingerprint density at radius 2 is 1.86 bits per heavy atom. The minimum absolute atomic E-state index is 0.0878. The average molecular weight is 377 g/mol. The van der Waals surface area contributed by atoms with Gasteiger partial charge in [0.1, 0.15) is 0 Å². The number of nitrogens with one attached hydrogen (secondary N) is 1. The van der Waals surface area contributed by atoms with Crippen molar-refractivity contribution in [1.82, 2.24) is 9.62 Å². The highest BCUT2D eigenvalue weighted by molar-refractivity contribution is 9.10. The Morgan fingerprint density at radius 1 is 1.29 bits per heavy atom. The van der Waals surface area contributed by atoms with Crippen LogP contribution in [0.2, 0.25) is 0 Å². The smallest absolute Gasteiger partial charge is 0.243 e. The number of benzene rings is 1. The molecule has 1 N–H and O–H groups in total. The lowest BCUT2D eigenvalue weighted by molar-refractivity contribution is 0.310. The number of rotatable bonds is 5. The van der Waals surface area contributed by atoms with Crippen LogP contribution in [0.4, 0.5) is 0 Å². The number of nitrogens with zero attached hydrogens (tertiary/aromatic N) is 1. The van der Waals surface area contributed by atoms with Gasteiger partial charge >= 0.3 is 0 Å². The van der Waals surface area contributed by atoms with E-state index in [0.717, 1.165) is 15.6 Å². The van der Waals surface area contributed by atoms with E-state index in [0.29, 0.717) is 18.0 Å². The summed E-state index contributed by atoms with van der Waals surface area (Å²) < 4.78 is 27.9. The van der Waals surface area contributed by atoms with E-state index in [4.69, 9.17) is 0 Å². The largest absolute Gasteiger partial charge is 0.316 e. The van der Waals surface area contributed by atoms with Crippen molar-refractivity contribution in [2.45, 2.75) is 39.1 Å². The summed E-state index contributed by atoms with van der Waals surface area (Å²) in [5.41, 5.74) is 1.60. The fourth-order valence-electron chi connectivity index (χ4n) is 2.20. The molecule has 0 spiro atoms. The Morgan fingerprint density at radius 3 is 2.33 bits per heavy atom. The quantitative estimate of drug-likeness (QED) is 0.858. The highest BCUT2D eigenvalue weighted by Gasteiger charge is 2.27. The first-order chi connectivity index (χ1) is 9.49. The Kier molecular flexibility index (Phi) is 6.00. The van der Waals surface area contributed by atoms with Gasteiger partial charge in [-0.05, 0) is 42.6 Å². The zero-order valence-corrected chi connectivity index (χ0v) is 16.0. The number of halogens is 1. The SMILES string of the molecule is CNCc1cc(Br)c(C)c(S(=O)(=O)N(C)CC(C)(C)C)c1. The molecule has 120 valence electrons. The molecule has 0 heterocycles. The van der Waals surface area contributed by atoms with Crippen LogP contribution in [0.5, 0.6) is 0 Å². The molecular formula is C15H25BrN2O2S. The van der Waals surface area contributed by atoms with Crippen molar-refractivity contribution >= 4 is 26.0 Å². The minimum atomic E-state index is -3.49. The third kappa shape index (κ3) is 4.77. The lowest BCUT2D eigenvalue weighted by atomic mass is 9.97. The fraction of sp³-hybridized carbons (Fsp3) is 0.600. The van der Waals surface area contributed by atoms with Gasteiger partial charge < -0.3 is 5.32 Å². The van der Waals surface area contributed by atoms with Crippen LogP contribution in [0, 0.1) is 12.3 Å². The van der Waals surface area contributed by atoms with Crippen LogP contribution in [-0.4, -0.2) is 33.4 Å². The van der Waals surface area contributed by atoms with E-state index in [1.807, 2.05) is 40.8 Å². The third-order valence-corrected chi connectivity index (χ3v) is 5.88. The third-order valence-electron chi connectivity index (χ3n) is 3.12. The molecule has 0 unspecified atom stereocenters. The topological polar surface area (TPSA) is 49.4 Å². The Labute approximate surface area is 137 Å². The Balaban J connectivity index is 3.30. The molecule has 0 amide bonds. The summed E-state index contributed by atoms with van der Waals surface area (Å²) >= 11 is 3.46. The highest BCUT2D eigenvalue weighted by atomic mass is 79.9. The van der Waals surface area contributed by atoms with Gasteiger partial charge in [0.2, 0.25) is 10.0 Å². The van der Waals surface area contributed by atoms with Gasteiger partial charge in [-0.15, -0.1) is 0 Å². The molecule has 4 nitrogen and oxygen atoms in total. The predicted octanol–water partition coefficient (Wildman–Crippen LogP) is 3.14. The second-order valence-electron chi connectivity index (χ2n) is 6.55. The van der Waals surface area contributed by atoms with Crippen LogP contribution in [0.15, 0.2) is 21.5 Å². The molecule has 0 aliphatic carbocycles. The van der Waals surface area contributed by atoms with Gasteiger partial charge in [0, 0.05) is 24.6 Å². The maximum absolute atomic E-state index is 12.8. The molecule has 6 heteroatoms. The zero-order valence-electron chi connectivity index (χ0n) is 13.6. The van der Waals surface area contributed by atoms with Crippen molar-refractivity contribution in [3.05, 3.63) is 27.7 Å². The summed E-state index contributed by atoms with van der Waals surface area (Å²) in [6, 6.07) is 3.71. The van der Waals surface area contributed by atoms with Crippen molar-refractivity contribution in [3.63, 3.8) is 0 Å².